The van der Waals surface area contributed by atoms with Crippen molar-refractivity contribution in [3.05, 3.63) is 102 Å². The van der Waals surface area contributed by atoms with Crippen molar-refractivity contribution in [3.63, 3.8) is 0 Å². The molecule has 0 bridgehead atoms. The van der Waals surface area contributed by atoms with E-state index in [0.717, 1.165) is 40.0 Å². The maximum absolute atomic E-state index is 5.75. The minimum absolute atomic E-state index is 0.0182. The molecular formula is C24H19N5S. The molecule has 4 aromatic rings. The number of nitrogens with zero attached hydrogens (tertiary/aromatic N) is 4. The van der Waals surface area contributed by atoms with Crippen molar-refractivity contribution in [2.24, 2.45) is 5.10 Å². The second-order valence-corrected chi connectivity index (χ2v) is 7.46. The van der Waals surface area contributed by atoms with Gasteiger partial charge in [0.05, 0.1) is 22.8 Å². The van der Waals surface area contributed by atoms with Gasteiger partial charge in [-0.15, -0.1) is 0 Å². The van der Waals surface area contributed by atoms with E-state index in [1.807, 2.05) is 59.6 Å². The van der Waals surface area contributed by atoms with Crippen LogP contribution in [0.25, 0.3) is 11.0 Å². The highest BCUT2D eigenvalue weighted by atomic mass is 32.1. The lowest BCUT2D eigenvalue weighted by molar-refractivity contribution is 0.376. The van der Waals surface area contributed by atoms with Crippen LogP contribution < -0.4 is 5.32 Å². The average Bonchev–Trinajstić information content (AvgIpc) is 3.26. The summed E-state index contributed by atoms with van der Waals surface area (Å²) in [5.74, 6) is 0. The van der Waals surface area contributed by atoms with Crippen LogP contribution in [0.3, 0.4) is 0 Å². The van der Waals surface area contributed by atoms with Crippen molar-refractivity contribution in [1.29, 1.82) is 0 Å². The molecule has 0 unspecified atom stereocenters. The third-order valence-electron chi connectivity index (χ3n) is 5.13. The number of hydrazone groups is 1. The highest BCUT2D eigenvalue weighted by Gasteiger charge is 2.31. The van der Waals surface area contributed by atoms with Gasteiger partial charge in [-0.1, -0.05) is 54.6 Å². The Bertz CT molecular complexity index is 1220. The van der Waals surface area contributed by atoms with Gasteiger partial charge in [0.2, 0.25) is 0 Å². The van der Waals surface area contributed by atoms with Crippen molar-refractivity contribution < 1.29 is 0 Å². The zero-order valence-corrected chi connectivity index (χ0v) is 17.0. The smallest absolute Gasteiger partial charge is 0.194 e. The summed E-state index contributed by atoms with van der Waals surface area (Å²) in [5.41, 5.74) is 5.90. The molecule has 0 radical (unpaired) electrons. The zero-order chi connectivity index (χ0) is 20.3. The van der Waals surface area contributed by atoms with E-state index in [1.54, 1.807) is 12.4 Å². The van der Waals surface area contributed by atoms with Gasteiger partial charge in [0.1, 0.15) is 0 Å². The third kappa shape index (κ3) is 3.65. The summed E-state index contributed by atoms with van der Waals surface area (Å²) in [6, 6.07) is 26.3. The van der Waals surface area contributed by atoms with Crippen LogP contribution in [-0.4, -0.2) is 25.8 Å². The summed E-state index contributed by atoms with van der Waals surface area (Å²) in [6.45, 7) is 0. The predicted octanol–water partition coefficient (Wildman–Crippen LogP) is 5.18. The summed E-state index contributed by atoms with van der Waals surface area (Å²) in [7, 11) is 0. The van der Waals surface area contributed by atoms with E-state index in [1.165, 1.54) is 0 Å². The number of aromatic nitrogens is 2. The quantitative estimate of drug-likeness (QED) is 0.473. The first-order chi connectivity index (χ1) is 14.8. The Kier molecular flexibility index (Phi) is 4.91. The minimum Gasteiger partial charge on any atom is -0.331 e. The second-order valence-electron chi connectivity index (χ2n) is 7.08. The van der Waals surface area contributed by atoms with Crippen LogP contribution in [0.4, 0.5) is 5.69 Å². The van der Waals surface area contributed by atoms with Crippen molar-refractivity contribution >= 4 is 39.8 Å². The maximum Gasteiger partial charge on any atom is 0.194 e. The van der Waals surface area contributed by atoms with E-state index in [9.17, 15) is 0 Å². The summed E-state index contributed by atoms with van der Waals surface area (Å²) < 4.78 is 0. The van der Waals surface area contributed by atoms with Crippen LogP contribution in [0, 0.1) is 0 Å². The normalized spacial score (nSPS) is 15.8. The monoisotopic (exact) mass is 409 g/mol. The van der Waals surface area contributed by atoms with Crippen LogP contribution in [0.1, 0.15) is 23.6 Å². The van der Waals surface area contributed by atoms with E-state index >= 15 is 0 Å². The predicted molar refractivity (Wildman–Crippen MR) is 124 cm³/mol. The number of thiocarbonyl (C=S) groups is 1. The molecular weight excluding hydrogens is 390 g/mol. The van der Waals surface area contributed by atoms with Gasteiger partial charge in [-0.3, -0.25) is 9.97 Å². The largest absolute Gasteiger partial charge is 0.331 e. The summed E-state index contributed by atoms with van der Waals surface area (Å²) >= 11 is 5.75. The van der Waals surface area contributed by atoms with Crippen LogP contribution in [0.5, 0.6) is 0 Å². The zero-order valence-electron chi connectivity index (χ0n) is 16.1. The molecule has 1 aliphatic heterocycles. The lowest BCUT2D eigenvalue weighted by Gasteiger charge is -2.25. The lowest BCUT2D eigenvalue weighted by atomic mass is 9.98. The number of para-hydroxylation sites is 1. The number of rotatable bonds is 3. The summed E-state index contributed by atoms with van der Waals surface area (Å²) in [4.78, 5) is 8.84. The Morgan fingerprint density at radius 3 is 2.33 bits per heavy atom. The van der Waals surface area contributed by atoms with Crippen LogP contribution in [0.2, 0.25) is 0 Å². The van der Waals surface area contributed by atoms with Gasteiger partial charge in [-0.25, -0.2) is 5.01 Å². The van der Waals surface area contributed by atoms with Gasteiger partial charge in [-0.05, 0) is 47.6 Å². The number of anilines is 1. The van der Waals surface area contributed by atoms with Gasteiger partial charge < -0.3 is 5.32 Å². The first kappa shape index (κ1) is 18.4. The average molecular weight is 410 g/mol. The molecule has 3 aromatic carbocycles. The molecule has 0 fully saturated rings. The number of fused-ring (bicyclic) bond motifs is 1. The van der Waals surface area contributed by atoms with Gasteiger partial charge in [0, 0.05) is 24.5 Å². The first-order valence-corrected chi connectivity index (χ1v) is 10.2. The molecule has 5 nitrogen and oxygen atoms in total. The lowest BCUT2D eigenvalue weighted by Crippen LogP contribution is -2.31. The molecule has 2 heterocycles. The first-order valence-electron chi connectivity index (χ1n) is 9.77. The molecule has 1 aromatic heterocycles. The maximum atomic E-state index is 5.75. The van der Waals surface area contributed by atoms with E-state index in [0.29, 0.717) is 5.11 Å². The number of hydrogen-bond acceptors (Lipinski definition) is 4. The van der Waals surface area contributed by atoms with Crippen molar-refractivity contribution in [2.45, 2.75) is 12.5 Å². The standard InChI is InChI=1S/C24H19N5S/c30-24(27-19-9-5-2-6-10-19)29-23(16-21(28-29)17-7-3-1-4-8-17)18-11-12-20-22(15-18)26-14-13-25-20/h1-15,23H,16H2,(H,27,30)/t23-/m1/s1. The summed E-state index contributed by atoms with van der Waals surface area (Å²) in [5, 5.41) is 10.7. The van der Waals surface area contributed by atoms with E-state index in [-0.39, 0.29) is 6.04 Å². The fourth-order valence-electron chi connectivity index (χ4n) is 3.65. The van der Waals surface area contributed by atoms with E-state index < -0.39 is 0 Å². The number of nitrogens with one attached hydrogen (secondary N) is 1. The second kappa shape index (κ2) is 8.00. The SMILES string of the molecule is S=C(Nc1ccccc1)N1N=C(c2ccccc2)C[C@@H]1c1ccc2nccnc2c1. The molecule has 0 aliphatic carbocycles. The Hall–Kier alpha value is -3.64. The molecule has 0 amide bonds. The Labute approximate surface area is 180 Å². The van der Waals surface area contributed by atoms with Gasteiger partial charge in [0.25, 0.3) is 0 Å². The Balaban J connectivity index is 1.51. The molecule has 146 valence electrons. The molecule has 1 atom stereocenters. The molecule has 0 saturated carbocycles. The highest BCUT2D eigenvalue weighted by molar-refractivity contribution is 7.80. The van der Waals surface area contributed by atoms with E-state index in [4.69, 9.17) is 17.3 Å². The molecule has 0 saturated heterocycles. The summed E-state index contributed by atoms with van der Waals surface area (Å²) in [6.07, 6.45) is 4.18. The Morgan fingerprint density at radius 1 is 0.867 bits per heavy atom. The third-order valence-corrected chi connectivity index (χ3v) is 5.42. The van der Waals surface area contributed by atoms with Gasteiger partial charge >= 0.3 is 0 Å². The van der Waals surface area contributed by atoms with Crippen molar-refractivity contribution in [3.8, 4) is 0 Å². The molecule has 6 heteroatoms. The van der Waals surface area contributed by atoms with Crippen LogP contribution >= 0.6 is 12.2 Å². The Morgan fingerprint density at radius 2 is 1.57 bits per heavy atom. The highest BCUT2D eigenvalue weighted by Crippen LogP contribution is 2.34. The molecule has 1 aliphatic rings. The van der Waals surface area contributed by atoms with Crippen molar-refractivity contribution in [1.82, 2.24) is 15.0 Å². The number of hydrogen-bond donors (Lipinski definition) is 1. The van der Waals surface area contributed by atoms with E-state index in [2.05, 4.69) is 39.6 Å². The van der Waals surface area contributed by atoms with Crippen LogP contribution in [-0.2, 0) is 0 Å². The fourth-order valence-corrected chi connectivity index (χ4v) is 3.94. The van der Waals surface area contributed by atoms with Gasteiger partial charge in [0.15, 0.2) is 5.11 Å². The van der Waals surface area contributed by atoms with Crippen LogP contribution in [0.15, 0.2) is 96.4 Å². The molecule has 30 heavy (non-hydrogen) atoms. The number of benzene rings is 3. The topological polar surface area (TPSA) is 53.4 Å². The molecule has 5 rings (SSSR count). The minimum atomic E-state index is -0.0182. The molecule has 0 spiro atoms. The fraction of sp³-hybridized carbons (Fsp3) is 0.0833. The molecule has 1 N–H and O–H groups in total. The van der Waals surface area contributed by atoms with Crippen molar-refractivity contribution in [2.75, 3.05) is 5.32 Å². The van der Waals surface area contributed by atoms with Gasteiger partial charge in [-0.2, -0.15) is 5.10 Å².